The van der Waals surface area contributed by atoms with Gasteiger partial charge >= 0.3 is 0 Å². The van der Waals surface area contributed by atoms with E-state index >= 15 is 0 Å². The van der Waals surface area contributed by atoms with E-state index in [-0.39, 0.29) is 5.91 Å². The number of rotatable bonds is 8. The van der Waals surface area contributed by atoms with Gasteiger partial charge in [0.2, 0.25) is 0 Å². The van der Waals surface area contributed by atoms with Crippen LogP contribution in [-0.2, 0) is 16.1 Å². The second-order valence-corrected chi connectivity index (χ2v) is 7.80. The molecule has 2 atom stereocenters. The van der Waals surface area contributed by atoms with Crippen LogP contribution in [0.15, 0.2) is 54.6 Å². The van der Waals surface area contributed by atoms with Gasteiger partial charge in [0.1, 0.15) is 18.0 Å². The molecule has 0 heterocycles. The second kappa shape index (κ2) is 9.74. The molecular weight excluding hydrogens is 350 g/mol. The summed E-state index contributed by atoms with van der Waals surface area (Å²) in [5, 5.41) is 3.06. The lowest BCUT2D eigenvalue weighted by Crippen LogP contribution is -2.48. The van der Waals surface area contributed by atoms with E-state index in [1.807, 2.05) is 54.6 Å². The third kappa shape index (κ3) is 5.35. The van der Waals surface area contributed by atoms with Crippen LogP contribution in [-0.4, -0.2) is 18.1 Å². The molecule has 4 nitrogen and oxygen atoms in total. The Morgan fingerprint density at radius 2 is 1.89 bits per heavy atom. The van der Waals surface area contributed by atoms with Crippen LogP contribution in [0.2, 0.25) is 0 Å². The molecule has 0 aliphatic heterocycles. The van der Waals surface area contributed by atoms with Crippen LogP contribution in [0.1, 0.15) is 51.5 Å². The van der Waals surface area contributed by atoms with Gasteiger partial charge in [-0.1, -0.05) is 50.6 Å². The first-order valence-electron chi connectivity index (χ1n) is 10.3. The van der Waals surface area contributed by atoms with E-state index in [4.69, 9.17) is 9.47 Å². The zero-order valence-corrected chi connectivity index (χ0v) is 16.9. The number of benzene rings is 2. The standard InChI is InChI=1S/C24H31NO3/c1-3-16-28-24(15-7-8-19(2)17-24)23(26)25-21-11-13-22(14-12-21)27-18-20-9-5-4-6-10-20/h4-6,9-14,19H,3,7-8,15-18H2,1-2H3,(H,25,26)/t19-,24+/m0/s1. The predicted molar refractivity (Wildman–Crippen MR) is 112 cm³/mol. The fourth-order valence-corrected chi connectivity index (χ4v) is 3.82. The summed E-state index contributed by atoms with van der Waals surface area (Å²) in [5.74, 6) is 1.26. The lowest BCUT2D eigenvalue weighted by atomic mass is 9.78. The van der Waals surface area contributed by atoms with Gasteiger partial charge < -0.3 is 14.8 Å². The van der Waals surface area contributed by atoms with Crippen LogP contribution < -0.4 is 10.1 Å². The average Bonchev–Trinajstić information content (AvgIpc) is 2.72. The number of hydrogen-bond donors (Lipinski definition) is 1. The first-order chi connectivity index (χ1) is 13.6. The van der Waals surface area contributed by atoms with Gasteiger partial charge in [0.25, 0.3) is 5.91 Å². The topological polar surface area (TPSA) is 47.6 Å². The van der Waals surface area contributed by atoms with Crippen LogP contribution in [0, 0.1) is 5.92 Å². The van der Waals surface area contributed by atoms with Crippen molar-refractivity contribution in [1.29, 1.82) is 0 Å². The van der Waals surface area contributed by atoms with Crippen LogP contribution in [0.4, 0.5) is 5.69 Å². The Hall–Kier alpha value is -2.33. The van der Waals surface area contributed by atoms with Crippen LogP contribution in [0.25, 0.3) is 0 Å². The summed E-state index contributed by atoms with van der Waals surface area (Å²) in [5.41, 5.74) is 1.20. The maximum Gasteiger partial charge on any atom is 0.256 e. The Morgan fingerprint density at radius 3 is 2.57 bits per heavy atom. The predicted octanol–water partition coefficient (Wildman–Crippen LogP) is 5.58. The summed E-state index contributed by atoms with van der Waals surface area (Å²) in [6, 6.07) is 17.6. The molecule has 150 valence electrons. The molecule has 0 bridgehead atoms. The molecular formula is C24H31NO3. The molecule has 1 aliphatic carbocycles. The van der Waals surface area contributed by atoms with Crippen molar-refractivity contribution in [3.63, 3.8) is 0 Å². The van der Waals surface area contributed by atoms with Crippen LogP contribution in [0.5, 0.6) is 5.75 Å². The molecule has 0 aromatic heterocycles. The summed E-state index contributed by atoms with van der Waals surface area (Å²) in [4.78, 5) is 13.1. The molecule has 2 aromatic carbocycles. The van der Waals surface area contributed by atoms with Gasteiger partial charge in [-0.2, -0.15) is 0 Å². The first-order valence-corrected chi connectivity index (χ1v) is 10.3. The van der Waals surface area contributed by atoms with Crippen molar-refractivity contribution in [1.82, 2.24) is 0 Å². The van der Waals surface area contributed by atoms with Crippen molar-refractivity contribution in [3.05, 3.63) is 60.2 Å². The Labute approximate surface area is 168 Å². The number of amides is 1. The van der Waals surface area contributed by atoms with E-state index in [1.54, 1.807) is 0 Å². The molecule has 0 unspecified atom stereocenters. The number of carbonyl (C=O) groups excluding carboxylic acids is 1. The minimum atomic E-state index is -0.698. The molecule has 1 fully saturated rings. The molecule has 3 rings (SSSR count). The summed E-state index contributed by atoms with van der Waals surface area (Å²) in [6.45, 7) is 5.42. The SMILES string of the molecule is CCCO[C@]1(C(=O)Nc2ccc(OCc3ccccc3)cc2)CCC[C@H](C)C1. The Kier molecular flexibility index (Phi) is 7.10. The van der Waals surface area contributed by atoms with Crippen molar-refractivity contribution in [2.24, 2.45) is 5.92 Å². The zero-order valence-electron chi connectivity index (χ0n) is 16.9. The average molecular weight is 382 g/mol. The van der Waals surface area contributed by atoms with Gasteiger partial charge in [0, 0.05) is 12.3 Å². The largest absolute Gasteiger partial charge is 0.489 e. The molecule has 1 amide bonds. The van der Waals surface area contributed by atoms with Gasteiger partial charge in [0.15, 0.2) is 0 Å². The fraction of sp³-hybridized carbons (Fsp3) is 0.458. The molecule has 1 aliphatic rings. The molecule has 1 N–H and O–H groups in total. The van der Waals surface area contributed by atoms with Crippen molar-refractivity contribution in [2.75, 3.05) is 11.9 Å². The van der Waals surface area contributed by atoms with E-state index in [0.29, 0.717) is 19.1 Å². The quantitative estimate of drug-likeness (QED) is 0.649. The monoisotopic (exact) mass is 381 g/mol. The van der Waals surface area contributed by atoms with E-state index in [1.165, 1.54) is 0 Å². The van der Waals surface area contributed by atoms with E-state index in [0.717, 1.165) is 49.1 Å². The molecule has 4 heteroatoms. The molecule has 0 radical (unpaired) electrons. The third-order valence-corrected chi connectivity index (χ3v) is 5.31. The van der Waals surface area contributed by atoms with Crippen molar-refractivity contribution >= 4 is 11.6 Å². The minimum Gasteiger partial charge on any atom is -0.489 e. The number of nitrogens with one attached hydrogen (secondary N) is 1. The zero-order chi connectivity index (χ0) is 19.8. The van der Waals surface area contributed by atoms with Crippen LogP contribution >= 0.6 is 0 Å². The van der Waals surface area contributed by atoms with Gasteiger partial charge in [-0.15, -0.1) is 0 Å². The number of hydrogen-bond acceptors (Lipinski definition) is 3. The van der Waals surface area contributed by atoms with E-state index < -0.39 is 5.60 Å². The summed E-state index contributed by atoms with van der Waals surface area (Å²) in [7, 11) is 0. The van der Waals surface area contributed by atoms with Gasteiger partial charge in [-0.25, -0.2) is 0 Å². The van der Waals surface area contributed by atoms with Gasteiger partial charge in [-0.3, -0.25) is 4.79 Å². The molecule has 0 saturated heterocycles. The Bertz CT molecular complexity index is 744. The highest BCUT2D eigenvalue weighted by molar-refractivity contribution is 5.97. The highest BCUT2D eigenvalue weighted by Crippen LogP contribution is 2.36. The number of anilines is 1. The first kappa shape index (κ1) is 20.4. The van der Waals surface area contributed by atoms with E-state index in [9.17, 15) is 4.79 Å². The second-order valence-electron chi connectivity index (χ2n) is 7.80. The van der Waals surface area contributed by atoms with Gasteiger partial charge in [-0.05, 0) is 61.4 Å². The fourth-order valence-electron chi connectivity index (χ4n) is 3.82. The number of ether oxygens (including phenoxy) is 2. The molecule has 2 aromatic rings. The highest BCUT2D eigenvalue weighted by atomic mass is 16.5. The lowest BCUT2D eigenvalue weighted by Gasteiger charge is -2.38. The summed E-state index contributed by atoms with van der Waals surface area (Å²) < 4.78 is 11.9. The van der Waals surface area contributed by atoms with Gasteiger partial charge in [0.05, 0.1) is 0 Å². The van der Waals surface area contributed by atoms with Crippen molar-refractivity contribution in [3.8, 4) is 5.75 Å². The molecule has 28 heavy (non-hydrogen) atoms. The summed E-state index contributed by atoms with van der Waals surface area (Å²) in [6.07, 6.45) is 4.69. The maximum atomic E-state index is 13.1. The summed E-state index contributed by atoms with van der Waals surface area (Å²) >= 11 is 0. The Morgan fingerprint density at radius 1 is 1.14 bits per heavy atom. The van der Waals surface area contributed by atoms with E-state index in [2.05, 4.69) is 19.2 Å². The lowest BCUT2D eigenvalue weighted by molar-refractivity contribution is -0.148. The number of carbonyl (C=O) groups is 1. The van der Waals surface area contributed by atoms with Crippen LogP contribution in [0.3, 0.4) is 0 Å². The highest BCUT2D eigenvalue weighted by Gasteiger charge is 2.42. The van der Waals surface area contributed by atoms with Crippen molar-refractivity contribution < 1.29 is 14.3 Å². The normalized spacial score (nSPS) is 21.9. The minimum absolute atomic E-state index is 0.0227. The molecule has 0 spiro atoms. The maximum absolute atomic E-state index is 13.1. The third-order valence-electron chi connectivity index (χ3n) is 5.31. The smallest absolute Gasteiger partial charge is 0.256 e. The molecule has 1 saturated carbocycles. The van der Waals surface area contributed by atoms with Crippen molar-refractivity contribution in [2.45, 2.75) is 58.2 Å². The Balaban J connectivity index is 1.60.